The summed E-state index contributed by atoms with van der Waals surface area (Å²) in [6.45, 7) is 1.59. The van der Waals surface area contributed by atoms with Crippen molar-refractivity contribution in [1.82, 2.24) is 10.2 Å². The van der Waals surface area contributed by atoms with Crippen LogP contribution in [-0.4, -0.2) is 48.8 Å². The van der Waals surface area contributed by atoms with Crippen LogP contribution in [0.3, 0.4) is 0 Å². The molecule has 0 aliphatic carbocycles. The van der Waals surface area contributed by atoms with Crippen LogP contribution in [0, 0.1) is 5.92 Å². The Kier molecular flexibility index (Phi) is 10.8. The second-order valence-corrected chi connectivity index (χ2v) is 8.64. The maximum absolute atomic E-state index is 13.3. The van der Waals surface area contributed by atoms with Crippen LogP contribution in [0.15, 0.2) is 42.5 Å². The quantitative estimate of drug-likeness (QED) is 0.455. The molecule has 0 radical (unpaired) electrons. The molecule has 1 fully saturated rings. The standard InChI is InChI=1S/C25H27ClN2O6.Na/c1-3-15(16-5-4-6-17(9-16)25(32)33)12-23(30)28-14-22(29)27-13-19(24(28)31)10-18-11-20(26)7-8-21(18)34-2;/h4-9,11,15,19H,3,10,12-14H2,1-2H3,(H,27,29)(H,32,33);/q;+1/p-1/t15?,19-;/m1./s1. The zero-order valence-corrected chi connectivity index (χ0v) is 22.8. The smallest absolute Gasteiger partial charge is 0.545 e. The van der Waals surface area contributed by atoms with E-state index in [1.165, 1.54) is 19.2 Å². The number of hydrogen-bond acceptors (Lipinski definition) is 6. The zero-order valence-electron chi connectivity index (χ0n) is 20.0. The van der Waals surface area contributed by atoms with Crippen LogP contribution in [0.5, 0.6) is 5.75 Å². The molecule has 3 rings (SSSR count). The normalized spacial score (nSPS) is 16.5. The minimum absolute atomic E-state index is 0. The average molecular weight is 509 g/mol. The number of carbonyl (C=O) groups excluding carboxylic acids is 4. The van der Waals surface area contributed by atoms with Crippen LogP contribution in [0.1, 0.15) is 47.2 Å². The number of carbonyl (C=O) groups is 4. The molecular weight excluding hydrogens is 483 g/mol. The van der Waals surface area contributed by atoms with Gasteiger partial charge in [-0.3, -0.25) is 19.3 Å². The van der Waals surface area contributed by atoms with Crippen LogP contribution in [-0.2, 0) is 20.8 Å². The van der Waals surface area contributed by atoms with Gasteiger partial charge in [-0.15, -0.1) is 0 Å². The van der Waals surface area contributed by atoms with Gasteiger partial charge < -0.3 is 20.0 Å². The van der Waals surface area contributed by atoms with Gasteiger partial charge in [0, 0.05) is 18.0 Å². The third kappa shape index (κ3) is 7.30. The Hall–Kier alpha value is -2.39. The summed E-state index contributed by atoms with van der Waals surface area (Å²) in [7, 11) is 1.51. The molecule has 180 valence electrons. The first-order valence-corrected chi connectivity index (χ1v) is 11.4. The van der Waals surface area contributed by atoms with E-state index >= 15 is 0 Å². The zero-order chi connectivity index (χ0) is 24.8. The minimum atomic E-state index is -1.30. The number of nitrogens with one attached hydrogen (secondary N) is 1. The summed E-state index contributed by atoms with van der Waals surface area (Å²) in [6.07, 6.45) is 0.732. The first kappa shape index (κ1) is 28.8. The molecule has 0 saturated carbocycles. The van der Waals surface area contributed by atoms with Gasteiger partial charge in [0.25, 0.3) is 0 Å². The number of methoxy groups -OCH3 is 1. The van der Waals surface area contributed by atoms with Crippen LogP contribution in [0.2, 0.25) is 5.02 Å². The SMILES string of the molecule is CCC(CC(=O)N1CC(=O)NC[C@@H](Cc2cc(Cl)ccc2OC)C1=O)c1cccc(C(=O)[O-])c1.[Na+]. The van der Waals surface area contributed by atoms with E-state index in [0.29, 0.717) is 28.3 Å². The Bertz CT molecular complexity index is 1110. The Labute approximate surface area is 231 Å². The fourth-order valence-corrected chi connectivity index (χ4v) is 4.30. The van der Waals surface area contributed by atoms with Crippen molar-refractivity contribution >= 4 is 35.3 Å². The van der Waals surface area contributed by atoms with E-state index in [1.807, 2.05) is 6.92 Å². The average Bonchev–Trinajstić information content (AvgIpc) is 2.96. The Morgan fingerprint density at radius 1 is 1.23 bits per heavy atom. The van der Waals surface area contributed by atoms with E-state index in [2.05, 4.69) is 5.32 Å². The molecule has 2 aromatic carbocycles. The minimum Gasteiger partial charge on any atom is -0.545 e. The number of carboxylic acid groups (broad SMARTS) is 1. The van der Waals surface area contributed by atoms with Crippen molar-refractivity contribution in [3.8, 4) is 5.75 Å². The maximum Gasteiger partial charge on any atom is 1.00 e. The number of hydrogen-bond donors (Lipinski definition) is 1. The van der Waals surface area contributed by atoms with E-state index in [4.69, 9.17) is 16.3 Å². The summed E-state index contributed by atoms with van der Waals surface area (Å²) in [5, 5.41) is 14.4. The molecule has 2 aromatic rings. The number of halogens is 1. The van der Waals surface area contributed by atoms with Gasteiger partial charge in [-0.2, -0.15) is 0 Å². The van der Waals surface area contributed by atoms with E-state index in [9.17, 15) is 24.3 Å². The molecule has 1 N–H and O–H groups in total. The molecule has 1 aliphatic rings. The largest absolute Gasteiger partial charge is 1.00 e. The van der Waals surface area contributed by atoms with Gasteiger partial charge in [0.1, 0.15) is 12.3 Å². The second-order valence-electron chi connectivity index (χ2n) is 8.20. The fourth-order valence-electron chi connectivity index (χ4n) is 4.10. The molecule has 3 amide bonds. The van der Waals surface area contributed by atoms with Crippen molar-refractivity contribution in [2.45, 2.75) is 32.1 Å². The summed E-state index contributed by atoms with van der Waals surface area (Å²) in [5.74, 6) is -3.11. The van der Waals surface area contributed by atoms with E-state index in [-0.39, 0.29) is 67.0 Å². The van der Waals surface area contributed by atoms with Crippen molar-refractivity contribution < 1.29 is 58.6 Å². The second kappa shape index (κ2) is 13.1. The van der Waals surface area contributed by atoms with Crippen LogP contribution in [0.25, 0.3) is 0 Å². The van der Waals surface area contributed by atoms with Crippen molar-refractivity contribution in [2.24, 2.45) is 5.92 Å². The Balaban J connectivity index is 0.00000432. The molecule has 1 saturated heterocycles. The van der Waals surface area contributed by atoms with Crippen LogP contribution in [0.4, 0.5) is 0 Å². The van der Waals surface area contributed by atoms with Gasteiger partial charge in [-0.25, -0.2) is 0 Å². The van der Waals surface area contributed by atoms with E-state index in [0.717, 1.165) is 4.90 Å². The Morgan fingerprint density at radius 3 is 2.63 bits per heavy atom. The van der Waals surface area contributed by atoms with Crippen molar-refractivity contribution in [3.05, 3.63) is 64.2 Å². The monoisotopic (exact) mass is 508 g/mol. The number of carboxylic acids is 1. The Morgan fingerprint density at radius 2 is 1.97 bits per heavy atom. The number of benzene rings is 2. The number of nitrogens with zero attached hydrogens (tertiary/aromatic N) is 1. The molecule has 1 heterocycles. The summed E-state index contributed by atoms with van der Waals surface area (Å²) in [4.78, 5) is 51.0. The molecule has 0 bridgehead atoms. The summed E-state index contributed by atoms with van der Waals surface area (Å²) < 4.78 is 5.36. The molecule has 0 spiro atoms. The number of amides is 3. The molecule has 0 aromatic heterocycles. The first-order valence-electron chi connectivity index (χ1n) is 11.0. The third-order valence-corrected chi connectivity index (χ3v) is 6.22. The van der Waals surface area contributed by atoms with E-state index < -0.39 is 29.6 Å². The molecule has 35 heavy (non-hydrogen) atoms. The summed E-state index contributed by atoms with van der Waals surface area (Å²) >= 11 is 6.11. The molecule has 8 nitrogen and oxygen atoms in total. The molecule has 1 aliphatic heterocycles. The number of rotatable bonds is 8. The number of imide groups is 1. The van der Waals surface area contributed by atoms with Crippen molar-refractivity contribution in [3.63, 3.8) is 0 Å². The predicted molar refractivity (Wildman–Crippen MR) is 123 cm³/mol. The predicted octanol–water partition coefficient (Wildman–Crippen LogP) is -1.06. The number of aromatic carboxylic acids is 1. The third-order valence-electron chi connectivity index (χ3n) is 5.98. The fraction of sp³-hybridized carbons (Fsp3) is 0.360. The van der Waals surface area contributed by atoms with Crippen LogP contribution >= 0.6 is 11.6 Å². The molecular formula is C25H26ClN2NaO6. The van der Waals surface area contributed by atoms with Gasteiger partial charge in [-0.05, 0) is 59.7 Å². The van der Waals surface area contributed by atoms with Gasteiger partial charge in [0.05, 0.1) is 19.0 Å². The summed E-state index contributed by atoms with van der Waals surface area (Å²) in [6, 6.07) is 11.3. The molecule has 2 atom stereocenters. The molecule has 10 heteroatoms. The first-order chi connectivity index (χ1) is 16.2. The van der Waals surface area contributed by atoms with Gasteiger partial charge >= 0.3 is 29.6 Å². The van der Waals surface area contributed by atoms with Crippen molar-refractivity contribution in [2.75, 3.05) is 20.2 Å². The maximum atomic E-state index is 13.3. The summed E-state index contributed by atoms with van der Waals surface area (Å²) in [5.41, 5.74) is 1.37. The number of ether oxygens (including phenoxy) is 1. The molecule has 1 unspecified atom stereocenters. The van der Waals surface area contributed by atoms with Gasteiger partial charge in [0.15, 0.2) is 0 Å². The van der Waals surface area contributed by atoms with Crippen LogP contribution < -0.4 is 44.7 Å². The van der Waals surface area contributed by atoms with Gasteiger partial charge in [0.2, 0.25) is 17.7 Å². The van der Waals surface area contributed by atoms with Gasteiger partial charge in [-0.1, -0.05) is 36.7 Å². The van der Waals surface area contributed by atoms with Crippen molar-refractivity contribution in [1.29, 1.82) is 0 Å². The van der Waals surface area contributed by atoms with E-state index in [1.54, 1.807) is 30.3 Å². The topological polar surface area (TPSA) is 116 Å².